The highest BCUT2D eigenvalue weighted by Crippen LogP contribution is 2.31. The largest absolute Gasteiger partial charge is 0.493 e. The standard InChI is InChI=1S/C24H33NO/c1-3-5-6-20-11-16-24(25-17-20)22-12-14-23(15-13-22)26-18-21-9-7-19(4-2)8-10-21/h11-17,19,21H,3-10,18H2,1-2H3/t19-,21-. The van der Waals surface area contributed by atoms with E-state index >= 15 is 0 Å². The Labute approximate surface area is 159 Å². The number of aryl methyl sites for hydroxylation is 1. The van der Waals surface area contributed by atoms with Gasteiger partial charge < -0.3 is 4.74 Å². The van der Waals surface area contributed by atoms with Crippen LogP contribution in [0, 0.1) is 11.8 Å². The molecule has 0 spiro atoms. The molecule has 0 unspecified atom stereocenters. The molecule has 0 radical (unpaired) electrons. The van der Waals surface area contributed by atoms with Crippen molar-refractivity contribution in [1.82, 2.24) is 4.98 Å². The molecule has 140 valence electrons. The van der Waals surface area contributed by atoms with Gasteiger partial charge in [-0.1, -0.05) is 45.6 Å². The van der Waals surface area contributed by atoms with Crippen LogP contribution in [0.4, 0.5) is 0 Å². The number of benzene rings is 1. The van der Waals surface area contributed by atoms with Crippen molar-refractivity contribution in [2.75, 3.05) is 6.61 Å². The number of unbranched alkanes of at least 4 members (excludes halogenated alkanes) is 1. The van der Waals surface area contributed by atoms with Crippen LogP contribution in [0.1, 0.15) is 64.4 Å². The van der Waals surface area contributed by atoms with E-state index in [4.69, 9.17) is 4.74 Å². The summed E-state index contributed by atoms with van der Waals surface area (Å²) >= 11 is 0. The SMILES string of the molecule is CCCCc1ccc(-c2ccc(OC[C@H]3CC[C@H](CC)CC3)cc2)nc1. The molecule has 2 nitrogen and oxygen atoms in total. The molecular formula is C24H33NO. The molecule has 0 saturated heterocycles. The maximum atomic E-state index is 6.05. The lowest BCUT2D eigenvalue weighted by molar-refractivity contribution is 0.181. The van der Waals surface area contributed by atoms with E-state index in [-0.39, 0.29) is 0 Å². The van der Waals surface area contributed by atoms with Crippen molar-refractivity contribution >= 4 is 0 Å². The molecule has 1 aromatic carbocycles. The Morgan fingerprint density at radius 1 is 0.923 bits per heavy atom. The molecule has 1 aliphatic rings. The summed E-state index contributed by atoms with van der Waals surface area (Å²) in [5, 5.41) is 0. The summed E-state index contributed by atoms with van der Waals surface area (Å²) in [5.74, 6) is 2.66. The van der Waals surface area contributed by atoms with Gasteiger partial charge in [0.1, 0.15) is 5.75 Å². The quantitative estimate of drug-likeness (QED) is 0.529. The maximum absolute atomic E-state index is 6.05. The van der Waals surface area contributed by atoms with Gasteiger partial charge in [-0.2, -0.15) is 0 Å². The van der Waals surface area contributed by atoms with Crippen LogP contribution in [-0.2, 0) is 6.42 Å². The zero-order valence-electron chi connectivity index (χ0n) is 16.4. The molecule has 1 fully saturated rings. The van der Waals surface area contributed by atoms with Gasteiger partial charge in [-0.05, 0) is 73.4 Å². The number of nitrogens with zero attached hydrogens (tertiary/aromatic N) is 1. The Morgan fingerprint density at radius 3 is 2.27 bits per heavy atom. The molecule has 1 aliphatic carbocycles. The minimum atomic E-state index is 0.731. The minimum Gasteiger partial charge on any atom is -0.493 e. The first-order valence-electron chi connectivity index (χ1n) is 10.5. The third-order valence-electron chi connectivity index (χ3n) is 5.82. The fourth-order valence-electron chi connectivity index (χ4n) is 3.87. The van der Waals surface area contributed by atoms with Gasteiger partial charge in [0.05, 0.1) is 12.3 Å². The fraction of sp³-hybridized carbons (Fsp3) is 0.542. The summed E-state index contributed by atoms with van der Waals surface area (Å²) in [4.78, 5) is 4.63. The average molecular weight is 352 g/mol. The van der Waals surface area contributed by atoms with Crippen molar-refractivity contribution in [3.05, 3.63) is 48.2 Å². The zero-order chi connectivity index (χ0) is 18.2. The van der Waals surface area contributed by atoms with Gasteiger partial charge in [-0.3, -0.25) is 4.98 Å². The third kappa shape index (κ3) is 5.33. The number of rotatable bonds is 8. The second-order valence-corrected chi connectivity index (χ2v) is 7.79. The Balaban J connectivity index is 1.50. The van der Waals surface area contributed by atoms with E-state index in [2.05, 4.69) is 55.2 Å². The first-order valence-corrected chi connectivity index (χ1v) is 10.5. The maximum Gasteiger partial charge on any atom is 0.119 e. The first kappa shape index (κ1) is 18.9. The Hall–Kier alpha value is -1.83. The molecule has 2 aromatic rings. The van der Waals surface area contributed by atoms with Gasteiger partial charge in [0.25, 0.3) is 0 Å². The number of hydrogen-bond donors (Lipinski definition) is 0. The van der Waals surface area contributed by atoms with E-state index in [0.29, 0.717) is 0 Å². The fourth-order valence-corrected chi connectivity index (χ4v) is 3.87. The van der Waals surface area contributed by atoms with E-state index in [0.717, 1.165) is 41.9 Å². The van der Waals surface area contributed by atoms with Gasteiger partial charge in [0.2, 0.25) is 0 Å². The molecular weight excluding hydrogens is 318 g/mol. The van der Waals surface area contributed by atoms with Crippen LogP contribution >= 0.6 is 0 Å². The third-order valence-corrected chi connectivity index (χ3v) is 5.82. The monoisotopic (exact) mass is 351 g/mol. The van der Waals surface area contributed by atoms with Crippen molar-refractivity contribution in [2.45, 2.75) is 65.2 Å². The summed E-state index contributed by atoms with van der Waals surface area (Å²) in [5.41, 5.74) is 3.52. The van der Waals surface area contributed by atoms with E-state index in [1.165, 1.54) is 50.5 Å². The van der Waals surface area contributed by atoms with Crippen LogP contribution in [0.25, 0.3) is 11.3 Å². The summed E-state index contributed by atoms with van der Waals surface area (Å²) in [7, 11) is 0. The van der Waals surface area contributed by atoms with Crippen LogP contribution in [0.15, 0.2) is 42.6 Å². The molecule has 0 bridgehead atoms. The Morgan fingerprint density at radius 2 is 1.65 bits per heavy atom. The summed E-state index contributed by atoms with van der Waals surface area (Å²) in [6, 6.07) is 12.7. The molecule has 26 heavy (non-hydrogen) atoms. The molecule has 0 amide bonds. The summed E-state index contributed by atoms with van der Waals surface area (Å²) < 4.78 is 6.05. The van der Waals surface area contributed by atoms with Crippen LogP contribution < -0.4 is 4.74 Å². The number of ether oxygens (including phenoxy) is 1. The molecule has 0 aliphatic heterocycles. The molecule has 2 heteroatoms. The highest BCUT2D eigenvalue weighted by molar-refractivity contribution is 5.60. The Bertz CT molecular complexity index is 639. The van der Waals surface area contributed by atoms with E-state index < -0.39 is 0 Å². The van der Waals surface area contributed by atoms with Crippen molar-refractivity contribution in [1.29, 1.82) is 0 Å². The van der Waals surface area contributed by atoms with Crippen molar-refractivity contribution in [3.63, 3.8) is 0 Å². The lowest BCUT2D eigenvalue weighted by Gasteiger charge is -2.27. The van der Waals surface area contributed by atoms with Crippen molar-refractivity contribution in [2.24, 2.45) is 11.8 Å². The summed E-state index contributed by atoms with van der Waals surface area (Å²) in [6.07, 6.45) is 12.3. The molecule has 0 atom stereocenters. The smallest absolute Gasteiger partial charge is 0.119 e. The van der Waals surface area contributed by atoms with Crippen LogP contribution in [0.5, 0.6) is 5.75 Å². The average Bonchev–Trinajstić information content (AvgIpc) is 2.72. The van der Waals surface area contributed by atoms with E-state index in [1.807, 2.05) is 6.20 Å². The van der Waals surface area contributed by atoms with Gasteiger partial charge in [-0.25, -0.2) is 0 Å². The Kier molecular flexibility index (Phi) is 7.11. The number of aromatic nitrogens is 1. The number of hydrogen-bond acceptors (Lipinski definition) is 2. The molecule has 0 N–H and O–H groups in total. The van der Waals surface area contributed by atoms with Crippen LogP contribution in [-0.4, -0.2) is 11.6 Å². The van der Waals surface area contributed by atoms with Crippen molar-refractivity contribution in [3.8, 4) is 17.0 Å². The lowest BCUT2D eigenvalue weighted by Crippen LogP contribution is -2.19. The lowest BCUT2D eigenvalue weighted by atomic mass is 9.81. The van der Waals surface area contributed by atoms with Gasteiger partial charge >= 0.3 is 0 Å². The molecule has 1 saturated carbocycles. The topological polar surface area (TPSA) is 22.1 Å². The van der Waals surface area contributed by atoms with Crippen molar-refractivity contribution < 1.29 is 4.74 Å². The second kappa shape index (κ2) is 9.75. The predicted octanol–water partition coefficient (Wildman–Crippen LogP) is 6.69. The van der Waals surface area contributed by atoms with Crippen LogP contribution in [0.3, 0.4) is 0 Å². The summed E-state index contributed by atoms with van der Waals surface area (Å²) in [6.45, 7) is 5.40. The molecule has 1 aromatic heterocycles. The normalized spacial score (nSPS) is 20.1. The van der Waals surface area contributed by atoms with Crippen LogP contribution in [0.2, 0.25) is 0 Å². The minimum absolute atomic E-state index is 0.731. The highest BCUT2D eigenvalue weighted by atomic mass is 16.5. The van der Waals surface area contributed by atoms with Gasteiger partial charge in [0, 0.05) is 11.8 Å². The molecule has 3 rings (SSSR count). The van der Waals surface area contributed by atoms with Gasteiger partial charge in [-0.15, -0.1) is 0 Å². The highest BCUT2D eigenvalue weighted by Gasteiger charge is 2.20. The predicted molar refractivity (Wildman–Crippen MR) is 110 cm³/mol. The first-order chi connectivity index (χ1) is 12.8. The van der Waals surface area contributed by atoms with E-state index in [9.17, 15) is 0 Å². The van der Waals surface area contributed by atoms with Gasteiger partial charge in [0.15, 0.2) is 0 Å². The second-order valence-electron chi connectivity index (χ2n) is 7.79. The van der Waals surface area contributed by atoms with E-state index in [1.54, 1.807) is 0 Å². The zero-order valence-corrected chi connectivity index (χ0v) is 16.4. The number of pyridine rings is 1. The molecule has 1 heterocycles.